The fourth-order valence-electron chi connectivity index (χ4n) is 1.27. The maximum absolute atomic E-state index is 6.00. The van der Waals surface area contributed by atoms with Crippen molar-refractivity contribution >= 4 is 28.1 Å². The van der Waals surface area contributed by atoms with Gasteiger partial charge in [0.2, 0.25) is 0 Å². The Morgan fingerprint density at radius 1 is 1.31 bits per heavy atom. The Hall–Kier alpha value is -1.10. The van der Waals surface area contributed by atoms with E-state index in [2.05, 4.69) is 4.98 Å². The molecule has 0 unspecified atom stereocenters. The average molecular weight is 255 g/mol. The van der Waals surface area contributed by atoms with Crippen LogP contribution in [0.4, 0.5) is 5.13 Å². The molecule has 0 amide bonds. The number of rotatable bonds is 4. The third-order valence-electron chi connectivity index (χ3n) is 2.03. The van der Waals surface area contributed by atoms with E-state index in [9.17, 15) is 0 Å². The van der Waals surface area contributed by atoms with Gasteiger partial charge in [0, 0.05) is 10.4 Å². The molecule has 5 heteroatoms. The van der Waals surface area contributed by atoms with E-state index >= 15 is 0 Å². The Morgan fingerprint density at radius 3 is 2.81 bits per heavy atom. The Morgan fingerprint density at radius 2 is 2.12 bits per heavy atom. The van der Waals surface area contributed by atoms with Gasteiger partial charge in [0.15, 0.2) is 5.13 Å². The maximum atomic E-state index is 6.00. The molecular weight excluding hydrogens is 244 g/mol. The number of anilines is 1. The number of nitrogens with zero attached hydrogens (tertiary/aromatic N) is 1. The molecule has 16 heavy (non-hydrogen) atoms. The van der Waals surface area contributed by atoms with Crippen molar-refractivity contribution in [1.82, 2.24) is 4.98 Å². The number of aromatic nitrogens is 1. The van der Waals surface area contributed by atoms with Crippen LogP contribution in [0, 0.1) is 0 Å². The number of hydrogen-bond acceptors (Lipinski definition) is 4. The number of halogens is 1. The summed E-state index contributed by atoms with van der Waals surface area (Å²) in [6, 6.07) is 7.62. The van der Waals surface area contributed by atoms with E-state index in [0.717, 1.165) is 16.3 Å². The van der Waals surface area contributed by atoms with Gasteiger partial charge in [-0.1, -0.05) is 29.8 Å². The summed E-state index contributed by atoms with van der Waals surface area (Å²) in [6.45, 7) is 0.941. The SMILES string of the molecule is Nc1nc(COCc2ccccc2Cl)cs1. The molecule has 1 aromatic heterocycles. The number of thiazole rings is 1. The lowest BCUT2D eigenvalue weighted by molar-refractivity contribution is 0.105. The minimum atomic E-state index is 0.457. The summed E-state index contributed by atoms with van der Waals surface area (Å²) in [6.07, 6.45) is 0. The summed E-state index contributed by atoms with van der Waals surface area (Å²) < 4.78 is 5.50. The summed E-state index contributed by atoms with van der Waals surface area (Å²) in [5.41, 5.74) is 7.35. The van der Waals surface area contributed by atoms with Gasteiger partial charge >= 0.3 is 0 Å². The van der Waals surface area contributed by atoms with Crippen LogP contribution >= 0.6 is 22.9 Å². The molecule has 2 N–H and O–H groups in total. The van der Waals surface area contributed by atoms with Crippen LogP contribution in [0.3, 0.4) is 0 Å². The summed E-state index contributed by atoms with van der Waals surface area (Å²) in [7, 11) is 0. The molecule has 2 rings (SSSR count). The van der Waals surface area contributed by atoms with E-state index in [4.69, 9.17) is 22.1 Å². The molecule has 0 aliphatic heterocycles. The van der Waals surface area contributed by atoms with Gasteiger partial charge in [-0.05, 0) is 11.6 Å². The van der Waals surface area contributed by atoms with E-state index in [1.54, 1.807) is 0 Å². The summed E-state index contributed by atoms with van der Waals surface area (Å²) in [5.74, 6) is 0. The highest BCUT2D eigenvalue weighted by Gasteiger charge is 2.01. The molecular formula is C11H11ClN2OS. The predicted octanol–water partition coefficient (Wildman–Crippen LogP) is 3.10. The van der Waals surface area contributed by atoms with Crippen molar-refractivity contribution in [3.05, 3.63) is 45.9 Å². The number of benzene rings is 1. The maximum Gasteiger partial charge on any atom is 0.180 e. The highest BCUT2D eigenvalue weighted by molar-refractivity contribution is 7.13. The number of nitrogens with two attached hydrogens (primary N) is 1. The van der Waals surface area contributed by atoms with Crippen LogP contribution in [-0.2, 0) is 18.0 Å². The minimum Gasteiger partial charge on any atom is -0.375 e. The normalized spacial score (nSPS) is 10.6. The fourth-order valence-corrected chi connectivity index (χ4v) is 2.01. The molecule has 0 atom stereocenters. The Bertz CT molecular complexity index is 473. The highest BCUT2D eigenvalue weighted by Crippen LogP contribution is 2.17. The molecule has 0 aliphatic rings. The first kappa shape index (κ1) is 11.4. The number of hydrogen-bond donors (Lipinski definition) is 1. The number of nitrogen functional groups attached to an aromatic ring is 1. The largest absolute Gasteiger partial charge is 0.375 e. The predicted molar refractivity (Wildman–Crippen MR) is 66.5 cm³/mol. The first-order chi connectivity index (χ1) is 7.75. The van der Waals surface area contributed by atoms with Crippen LogP contribution in [0.5, 0.6) is 0 Å². The second-order valence-electron chi connectivity index (χ2n) is 3.26. The molecule has 0 aliphatic carbocycles. The average Bonchev–Trinajstić information content (AvgIpc) is 2.67. The molecule has 0 saturated heterocycles. The van der Waals surface area contributed by atoms with Crippen molar-refractivity contribution in [2.45, 2.75) is 13.2 Å². The topological polar surface area (TPSA) is 48.1 Å². The Labute approximate surface area is 103 Å². The van der Waals surface area contributed by atoms with Crippen LogP contribution in [-0.4, -0.2) is 4.98 Å². The van der Waals surface area contributed by atoms with E-state index in [0.29, 0.717) is 18.3 Å². The fraction of sp³-hybridized carbons (Fsp3) is 0.182. The van der Waals surface area contributed by atoms with Gasteiger partial charge in [0.05, 0.1) is 18.9 Å². The van der Waals surface area contributed by atoms with Gasteiger partial charge in [0.1, 0.15) is 0 Å². The first-order valence-electron chi connectivity index (χ1n) is 4.77. The zero-order valence-corrected chi connectivity index (χ0v) is 10.1. The van der Waals surface area contributed by atoms with E-state index < -0.39 is 0 Å². The summed E-state index contributed by atoms with van der Waals surface area (Å²) in [5, 5.41) is 3.18. The standard InChI is InChI=1S/C11H11ClN2OS/c12-10-4-2-1-3-8(10)5-15-6-9-7-16-11(13)14-9/h1-4,7H,5-6H2,(H2,13,14). The Kier molecular flexibility index (Phi) is 3.77. The quantitative estimate of drug-likeness (QED) is 0.912. The van der Waals surface area contributed by atoms with Crippen molar-refractivity contribution < 1.29 is 4.74 Å². The van der Waals surface area contributed by atoms with Crippen LogP contribution in [0.25, 0.3) is 0 Å². The second-order valence-corrected chi connectivity index (χ2v) is 4.56. The third-order valence-corrected chi connectivity index (χ3v) is 3.13. The lowest BCUT2D eigenvalue weighted by atomic mass is 10.2. The van der Waals surface area contributed by atoms with Gasteiger partial charge < -0.3 is 10.5 Å². The van der Waals surface area contributed by atoms with E-state index in [1.807, 2.05) is 29.6 Å². The molecule has 0 radical (unpaired) electrons. The zero-order valence-electron chi connectivity index (χ0n) is 8.52. The zero-order chi connectivity index (χ0) is 11.4. The van der Waals surface area contributed by atoms with Gasteiger partial charge in [0.25, 0.3) is 0 Å². The van der Waals surface area contributed by atoms with E-state index in [1.165, 1.54) is 11.3 Å². The number of ether oxygens (including phenoxy) is 1. The summed E-state index contributed by atoms with van der Waals surface area (Å²) in [4.78, 5) is 4.10. The summed E-state index contributed by atoms with van der Waals surface area (Å²) >= 11 is 7.41. The third kappa shape index (κ3) is 2.95. The van der Waals surface area contributed by atoms with Crippen molar-refractivity contribution in [1.29, 1.82) is 0 Å². The molecule has 1 heterocycles. The molecule has 0 saturated carbocycles. The van der Waals surface area contributed by atoms with Gasteiger partial charge in [-0.3, -0.25) is 0 Å². The molecule has 0 bridgehead atoms. The minimum absolute atomic E-state index is 0.457. The van der Waals surface area contributed by atoms with Crippen molar-refractivity contribution in [3.63, 3.8) is 0 Å². The monoisotopic (exact) mass is 254 g/mol. The molecule has 3 nitrogen and oxygen atoms in total. The molecule has 0 fully saturated rings. The first-order valence-corrected chi connectivity index (χ1v) is 6.02. The van der Waals surface area contributed by atoms with Crippen molar-refractivity contribution in [2.75, 3.05) is 5.73 Å². The van der Waals surface area contributed by atoms with Gasteiger partial charge in [-0.15, -0.1) is 11.3 Å². The van der Waals surface area contributed by atoms with Crippen molar-refractivity contribution in [2.24, 2.45) is 0 Å². The van der Waals surface area contributed by atoms with Gasteiger partial charge in [-0.25, -0.2) is 4.98 Å². The molecule has 84 valence electrons. The van der Waals surface area contributed by atoms with E-state index in [-0.39, 0.29) is 0 Å². The van der Waals surface area contributed by atoms with Crippen LogP contribution < -0.4 is 5.73 Å². The van der Waals surface area contributed by atoms with Crippen LogP contribution in [0.15, 0.2) is 29.6 Å². The second kappa shape index (κ2) is 5.30. The smallest absolute Gasteiger partial charge is 0.180 e. The molecule has 0 spiro atoms. The van der Waals surface area contributed by atoms with Crippen LogP contribution in [0.1, 0.15) is 11.3 Å². The van der Waals surface area contributed by atoms with Crippen molar-refractivity contribution in [3.8, 4) is 0 Å². The lowest BCUT2D eigenvalue weighted by Gasteiger charge is -2.04. The molecule has 1 aromatic carbocycles. The molecule has 2 aromatic rings. The highest BCUT2D eigenvalue weighted by atomic mass is 35.5. The lowest BCUT2D eigenvalue weighted by Crippen LogP contribution is -1.95. The Balaban J connectivity index is 1.87. The van der Waals surface area contributed by atoms with Crippen LogP contribution in [0.2, 0.25) is 5.02 Å². The van der Waals surface area contributed by atoms with Gasteiger partial charge in [-0.2, -0.15) is 0 Å².